The van der Waals surface area contributed by atoms with E-state index in [0.717, 1.165) is 49.7 Å². The summed E-state index contributed by atoms with van der Waals surface area (Å²) in [5.74, 6) is -0.0642. The van der Waals surface area contributed by atoms with Gasteiger partial charge in [-0.05, 0) is 35.7 Å². The van der Waals surface area contributed by atoms with Gasteiger partial charge in [0, 0.05) is 31.9 Å². The first-order valence-corrected chi connectivity index (χ1v) is 11.2. The number of aryl methyl sites for hydroxylation is 1. The molecule has 32 heavy (non-hydrogen) atoms. The van der Waals surface area contributed by atoms with Crippen molar-refractivity contribution >= 4 is 11.6 Å². The van der Waals surface area contributed by atoms with Gasteiger partial charge in [0.1, 0.15) is 6.04 Å². The van der Waals surface area contributed by atoms with Crippen LogP contribution >= 0.6 is 0 Å². The first-order chi connectivity index (χ1) is 15.7. The Morgan fingerprint density at radius 1 is 0.906 bits per heavy atom. The maximum atomic E-state index is 13.2. The zero-order valence-electron chi connectivity index (χ0n) is 18.6. The van der Waals surface area contributed by atoms with Gasteiger partial charge < -0.3 is 10.1 Å². The highest BCUT2D eigenvalue weighted by molar-refractivity contribution is 5.95. The van der Waals surface area contributed by atoms with Gasteiger partial charge in [-0.2, -0.15) is 0 Å². The molecule has 1 aliphatic heterocycles. The van der Waals surface area contributed by atoms with Crippen LogP contribution in [0, 0.1) is 6.92 Å². The van der Waals surface area contributed by atoms with Gasteiger partial charge in [0.25, 0.3) is 0 Å². The molecular formula is C27H31N3O2. The molecule has 1 fully saturated rings. The Morgan fingerprint density at radius 2 is 1.56 bits per heavy atom. The molecule has 1 atom stereocenters. The molecule has 166 valence electrons. The molecule has 0 aromatic heterocycles. The van der Waals surface area contributed by atoms with Gasteiger partial charge in [0.15, 0.2) is 0 Å². The van der Waals surface area contributed by atoms with Crippen LogP contribution in [0.15, 0.2) is 78.9 Å². The summed E-state index contributed by atoms with van der Waals surface area (Å²) in [6, 6.07) is 25.8. The second-order valence-corrected chi connectivity index (χ2v) is 8.24. The lowest BCUT2D eigenvalue weighted by Crippen LogP contribution is -2.36. The van der Waals surface area contributed by atoms with Crippen LogP contribution in [0.1, 0.15) is 28.3 Å². The average molecular weight is 430 g/mol. The highest BCUT2D eigenvalue weighted by Gasteiger charge is 2.21. The second-order valence-electron chi connectivity index (χ2n) is 8.24. The largest absolute Gasteiger partial charge is 0.379 e. The summed E-state index contributed by atoms with van der Waals surface area (Å²) in [5, 5.41) is 6.57. The summed E-state index contributed by atoms with van der Waals surface area (Å²) in [6.45, 7) is 7.02. The number of ether oxygens (including phenoxy) is 1. The van der Waals surface area contributed by atoms with Crippen molar-refractivity contribution in [3.8, 4) is 0 Å². The summed E-state index contributed by atoms with van der Waals surface area (Å²) < 4.78 is 5.48. The molecule has 0 saturated carbocycles. The van der Waals surface area contributed by atoms with Gasteiger partial charge in [0.2, 0.25) is 5.91 Å². The molecule has 3 aromatic carbocycles. The quantitative estimate of drug-likeness (QED) is 0.561. The summed E-state index contributed by atoms with van der Waals surface area (Å²) in [5.41, 5.74) is 5.41. The number of hydrogen-bond acceptors (Lipinski definition) is 4. The minimum Gasteiger partial charge on any atom is -0.379 e. The van der Waals surface area contributed by atoms with E-state index < -0.39 is 6.04 Å². The molecule has 2 N–H and O–H groups in total. The van der Waals surface area contributed by atoms with Crippen molar-refractivity contribution in [2.24, 2.45) is 0 Å². The van der Waals surface area contributed by atoms with Crippen LogP contribution in [-0.2, 0) is 22.6 Å². The number of carbonyl (C=O) groups excluding carboxylic acids is 1. The summed E-state index contributed by atoms with van der Waals surface area (Å²) >= 11 is 0. The number of nitrogens with zero attached hydrogens (tertiary/aromatic N) is 1. The highest BCUT2D eigenvalue weighted by Crippen LogP contribution is 2.19. The fourth-order valence-corrected chi connectivity index (χ4v) is 3.96. The van der Waals surface area contributed by atoms with Crippen molar-refractivity contribution in [3.63, 3.8) is 0 Å². The van der Waals surface area contributed by atoms with Crippen molar-refractivity contribution < 1.29 is 9.53 Å². The monoisotopic (exact) mass is 429 g/mol. The molecule has 1 saturated heterocycles. The number of nitrogens with one attached hydrogen (secondary N) is 2. The lowest BCUT2D eigenvalue weighted by molar-refractivity contribution is -0.118. The molecule has 1 aliphatic rings. The number of anilines is 1. The SMILES string of the molecule is Cc1ccc(NC(=O)[C@H](NCc2ccccc2CN2CCOCC2)c2ccccc2)cc1. The molecule has 4 rings (SSSR count). The Bertz CT molecular complexity index is 999. The molecule has 1 heterocycles. The van der Waals surface area contributed by atoms with E-state index in [4.69, 9.17) is 4.74 Å². The first-order valence-electron chi connectivity index (χ1n) is 11.2. The van der Waals surface area contributed by atoms with E-state index >= 15 is 0 Å². The number of rotatable bonds is 8. The third-order valence-corrected chi connectivity index (χ3v) is 5.83. The Balaban J connectivity index is 1.48. The molecule has 5 heteroatoms. The third-order valence-electron chi connectivity index (χ3n) is 5.83. The predicted molar refractivity (Wildman–Crippen MR) is 128 cm³/mol. The molecule has 5 nitrogen and oxygen atoms in total. The van der Waals surface area contributed by atoms with E-state index in [2.05, 4.69) is 39.8 Å². The lowest BCUT2D eigenvalue weighted by Gasteiger charge is -2.27. The normalized spacial score (nSPS) is 15.3. The van der Waals surface area contributed by atoms with Crippen LogP contribution in [0.3, 0.4) is 0 Å². The van der Waals surface area contributed by atoms with Crippen molar-refractivity contribution in [1.29, 1.82) is 0 Å². The van der Waals surface area contributed by atoms with Gasteiger partial charge in [-0.1, -0.05) is 72.3 Å². The Morgan fingerprint density at radius 3 is 2.28 bits per heavy atom. The molecule has 0 aliphatic carbocycles. The first kappa shape index (κ1) is 22.2. The number of amides is 1. The van der Waals surface area contributed by atoms with Crippen molar-refractivity contribution in [2.45, 2.75) is 26.1 Å². The maximum absolute atomic E-state index is 13.2. The lowest BCUT2D eigenvalue weighted by atomic mass is 10.0. The zero-order valence-corrected chi connectivity index (χ0v) is 18.6. The molecule has 0 radical (unpaired) electrons. The molecule has 1 amide bonds. The highest BCUT2D eigenvalue weighted by atomic mass is 16.5. The van der Waals surface area contributed by atoms with Crippen LogP contribution in [0.25, 0.3) is 0 Å². The van der Waals surface area contributed by atoms with Crippen LogP contribution in [0.4, 0.5) is 5.69 Å². The van der Waals surface area contributed by atoms with Gasteiger partial charge in [-0.15, -0.1) is 0 Å². The molecule has 0 bridgehead atoms. The van der Waals surface area contributed by atoms with Gasteiger partial charge in [0.05, 0.1) is 13.2 Å². The van der Waals surface area contributed by atoms with Gasteiger partial charge in [-0.3, -0.25) is 15.0 Å². The van der Waals surface area contributed by atoms with Gasteiger partial charge in [-0.25, -0.2) is 0 Å². The Labute approximate surface area is 190 Å². The average Bonchev–Trinajstić information content (AvgIpc) is 2.83. The van der Waals surface area contributed by atoms with E-state index in [-0.39, 0.29) is 5.91 Å². The summed E-state index contributed by atoms with van der Waals surface area (Å²) in [7, 11) is 0. The maximum Gasteiger partial charge on any atom is 0.246 e. The molecule has 3 aromatic rings. The molecular weight excluding hydrogens is 398 g/mol. The fourth-order valence-electron chi connectivity index (χ4n) is 3.96. The van der Waals surface area contributed by atoms with E-state index in [1.165, 1.54) is 11.1 Å². The zero-order chi connectivity index (χ0) is 22.2. The van der Waals surface area contributed by atoms with Crippen LogP contribution in [0.5, 0.6) is 0 Å². The van der Waals surface area contributed by atoms with Crippen molar-refractivity contribution in [3.05, 3.63) is 101 Å². The van der Waals surface area contributed by atoms with Crippen LogP contribution < -0.4 is 10.6 Å². The van der Waals surface area contributed by atoms with Gasteiger partial charge >= 0.3 is 0 Å². The molecule has 0 unspecified atom stereocenters. The number of carbonyl (C=O) groups is 1. The molecule has 0 spiro atoms. The van der Waals surface area contributed by atoms with Crippen LogP contribution in [-0.4, -0.2) is 37.1 Å². The van der Waals surface area contributed by atoms with E-state index in [1.54, 1.807) is 0 Å². The van der Waals surface area contributed by atoms with E-state index in [0.29, 0.717) is 6.54 Å². The third kappa shape index (κ3) is 6.04. The fraction of sp³-hybridized carbons (Fsp3) is 0.296. The minimum absolute atomic E-state index is 0.0642. The Kier molecular flexibility index (Phi) is 7.67. The van der Waals surface area contributed by atoms with E-state index in [9.17, 15) is 4.79 Å². The smallest absolute Gasteiger partial charge is 0.246 e. The standard InChI is InChI=1S/C27H31N3O2/c1-21-11-13-25(14-12-21)29-27(31)26(22-7-3-2-4-8-22)28-19-23-9-5-6-10-24(23)20-30-15-17-32-18-16-30/h2-14,26,28H,15-20H2,1H3,(H,29,31)/t26-/m1/s1. The minimum atomic E-state index is -0.450. The topological polar surface area (TPSA) is 53.6 Å². The summed E-state index contributed by atoms with van der Waals surface area (Å²) in [6.07, 6.45) is 0. The number of benzene rings is 3. The van der Waals surface area contributed by atoms with Crippen molar-refractivity contribution in [1.82, 2.24) is 10.2 Å². The van der Waals surface area contributed by atoms with Crippen LogP contribution in [0.2, 0.25) is 0 Å². The van der Waals surface area contributed by atoms with E-state index in [1.807, 2.05) is 61.5 Å². The number of hydrogen-bond donors (Lipinski definition) is 2. The van der Waals surface area contributed by atoms with Crippen molar-refractivity contribution in [2.75, 3.05) is 31.6 Å². The summed E-state index contributed by atoms with van der Waals surface area (Å²) in [4.78, 5) is 15.6. The second kappa shape index (κ2) is 11.0. The number of morpholine rings is 1. The predicted octanol–water partition coefficient (Wildman–Crippen LogP) is 4.30. The Hall–Kier alpha value is -2.99.